The standard InChI is InChI=1S/C8H17NO/c1-3-4-5-8(10)6-9-7(8)2/h7,9-10H,3-6H2,1-2H3. The van der Waals surface area contributed by atoms with Crippen LogP contribution < -0.4 is 5.32 Å². The molecule has 1 saturated heterocycles. The van der Waals surface area contributed by atoms with Crippen LogP contribution in [0.1, 0.15) is 33.1 Å². The molecular weight excluding hydrogens is 126 g/mol. The maximum absolute atomic E-state index is 9.75. The van der Waals surface area contributed by atoms with Crippen molar-refractivity contribution in [2.45, 2.75) is 44.8 Å². The van der Waals surface area contributed by atoms with E-state index in [2.05, 4.69) is 12.2 Å². The molecule has 0 radical (unpaired) electrons. The van der Waals surface area contributed by atoms with Gasteiger partial charge in [0, 0.05) is 12.6 Å². The summed E-state index contributed by atoms with van der Waals surface area (Å²) in [5.41, 5.74) is -0.379. The van der Waals surface area contributed by atoms with Gasteiger partial charge in [0.25, 0.3) is 0 Å². The van der Waals surface area contributed by atoms with E-state index in [4.69, 9.17) is 0 Å². The van der Waals surface area contributed by atoms with Crippen molar-refractivity contribution in [3.8, 4) is 0 Å². The zero-order chi connectivity index (χ0) is 7.61. The van der Waals surface area contributed by atoms with Gasteiger partial charge in [-0.25, -0.2) is 0 Å². The van der Waals surface area contributed by atoms with Crippen LogP contribution in [0, 0.1) is 0 Å². The third-order valence-corrected chi connectivity index (χ3v) is 2.48. The smallest absolute Gasteiger partial charge is 0.0920 e. The predicted molar refractivity (Wildman–Crippen MR) is 41.9 cm³/mol. The Morgan fingerprint density at radius 2 is 2.40 bits per heavy atom. The van der Waals surface area contributed by atoms with Crippen molar-refractivity contribution in [2.75, 3.05) is 6.54 Å². The van der Waals surface area contributed by atoms with Gasteiger partial charge < -0.3 is 10.4 Å². The van der Waals surface area contributed by atoms with Gasteiger partial charge in [-0.3, -0.25) is 0 Å². The first kappa shape index (κ1) is 8.02. The monoisotopic (exact) mass is 143 g/mol. The molecule has 1 rings (SSSR count). The van der Waals surface area contributed by atoms with Crippen molar-refractivity contribution in [3.63, 3.8) is 0 Å². The topological polar surface area (TPSA) is 32.3 Å². The summed E-state index contributed by atoms with van der Waals surface area (Å²) in [4.78, 5) is 0. The number of hydrogen-bond acceptors (Lipinski definition) is 2. The average molecular weight is 143 g/mol. The molecule has 10 heavy (non-hydrogen) atoms. The molecule has 0 aliphatic carbocycles. The third kappa shape index (κ3) is 1.32. The highest BCUT2D eigenvalue weighted by Gasteiger charge is 2.40. The van der Waals surface area contributed by atoms with Crippen molar-refractivity contribution < 1.29 is 5.11 Å². The first-order chi connectivity index (χ1) is 4.69. The maximum atomic E-state index is 9.75. The van der Waals surface area contributed by atoms with Gasteiger partial charge in [0.2, 0.25) is 0 Å². The van der Waals surface area contributed by atoms with Crippen LogP contribution in [0.4, 0.5) is 0 Å². The van der Waals surface area contributed by atoms with Crippen LogP contribution in [0.5, 0.6) is 0 Å². The summed E-state index contributed by atoms with van der Waals surface area (Å²) < 4.78 is 0. The molecule has 2 nitrogen and oxygen atoms in total. The average Bonchev–Trinajstić information content (AvgIpc) is 1.97. The zero-order valence-electron chi connectivity index (χ0n) is 6.85. The Bertz CT molecular complexity index is 116. The predicted octanol–water partition coefficient (Wildman–Crippen LogP) is 0.899. The van der Waals surface area contributed by atoms with E-state index in [0.29, 0.717) is 6.04 Å². The Morgan fingerprint density at radius 3 is 2.70 bits per heavy atom. The maximum Gasteiger partial charge on any atom is 0.0920 e. The Kier molecular flexibility index (Phi) is 2.32. The first-order valence-electron chi connectivity index (χ1n) is 4.15. The molecule has 0 amide bonds. The fraction of sp³-hybridized carbons (Fsp3) is 1.00. The molecule has 0 saturated carbocycles. The summed E-state index contributed by atoms with van der Waals surface area (Å²) in [5, 5.41) is 12.9. The Labute approximate surface area is 62.6 Å². The third-order valence-electron chi connectivity index (χ3n) is 2.48. The van der Waals surface area contributed by atoms with Crippen LogP contribution in [0.25, 0.3) is 0 Å². The van der Waals surface area contributed by atoms with Crippen molar-refractivity contribution in [3.05, 3.63) is 0 Å². The highest BCUT2D eigenvalue weighted by Crippen LogP contribution is 2.24. The molecule has 1 heterocycles. The van der Waals surface area contributed by atoms with E-state index >= 15 is 0 Å². The second kappa shape index (κ2) is 2.89. The first-order valence-corrected chi connectivity index (χ1v) is 4.15. The quantitative estimate of drug-likeness (QED) is 0.615. The van der Waals surface area contributed by atoms with E-state index in [1.807, 2.05) is 6.92 Å². The zero-order valence-corrected chi connectivity index (χ0v) is 6.85. The molecule has 0 bridgehead atoms. The molecule has 1 aliphatic rings. The molecule has 2 heteroatoms. The number of β-amino-alcohol motifs (C(OH)–C–C–N with tert-alkyl or cyclic N) is 1. The van der Waals surface area contributed by atoms with Gasteiger partial charge in [0.15, 0.2) is 0 Å². The molecular formula is C8H17NO. The van der Waals surface area contributed by atoms with E-state index in [9.17, 15) is 5.11 Å². The van der Waals surface area contributed by atoms with Crippen LogP contribution in [-0.2, 0) is 0 Å². The van der Waals surface area contributed by atoms with Crippen LogP contribution in [0.2, 0.25) is 0 Å². The number of hydrogen-bond donors (Lipinski definition) is 2. The molecule has 0 aromatic rings. The molecule has 60 valence electrons. The summed E-state index contributed by atoms with van der Waals surface area (Å²) in [5.74, 6) is 0. The Balaban J connectivity index is 2.24. The van der Waals surface area contributed by atoms with E-state index in [-0.39, 0.29) is 5.60 Å². The molecule has 2 N–H and O–H groups in total. The van der Waals surface area contributed by atoms with Crippen molar-refractivity contribution in [1.82, 2.24) is 5.32 Å². The lowest BCUT2D eigenvalue weighted by molar-refractivity contribution is -0.0586. The normalized spacial score (nSPS) is 39.3. The molecule has 0 spiro atoms. The van der Waals surface area contributed by atoms with Crippen LogP contribution in [-0.4, -0.2) is 23.3 Å². The van der Waals surface area contributed by atoms with Crippen LogP contribution >= 0.6 is 0 Å². The lowest BCUT2D eigenvalue weighted by Crippen LogP contribution is -2.66. The van der Waals surface area contributed by atoms with Gasteiger partial charge in [-0.05, 0) is 13.3 Å². The number of rotatable bonds is 3. The number of nitrogens with one attached hydrogen (secondary N) is 1. The molecule has 0 aromatic carbocycles. The lowest BCUT2D eigenvalue weighted by Gasteiger charge is -2.44. The summed E-state index contributed by atoms with van der Waals surface area (Å²) in [6.45, 7) is 4.98. The Hall–Kier alpha value is -0.0800. The molecule has 1 fully saturated rings. The highest BCUT2D eigenvalue weighted by atomic mass is 16.3. The van der Waals surface area contributed by atoms with Crippen LogP contribution in [0.3, 0.4) is 0 Å². The number of aliphatic hydroxyl groups is 1. The van der Waals surface area contributed by atoms with E-state index in [0.717, 1.165) is 19.4 Å². The fourth-order valence-corrected chi connectivity index (χ4v) is 1.33. The van der Waals surface area contributed by atoms with Gasteiger partial charge in [0.05, 0.1) is 5.60 Å². The van der Waals surface area contributed by atoms with Gasteiger partial charge in [-0.2, -0.15) is 0 Å². The van der Waals surface area contributed by atoms with Gasteiger partial charge in [0.1, 0.15) is 0 Å². The SMILES string of the molecule is CCCCC1(O)CNC1C. The second-order valence-corrected chi connectivity index (χ2v) is 3.31. The van der Waals surface area contributed by atoms with Crippen molar-refractivity contribution in [1.29, 1.82) is 0 Å². The molecule has 2 atom stereocenters. The highest BCUT2D eigenvalue weighted by molar-refractivity contribution is 4.99. The summed E-state index contributed by atoms with van der Waals surface area (Å²) in [6.07, 6.45) is 3.27. The Morgan fingerprint density at radius 1 is 1.70 bits per heavy atom. The van der Waals surface area contributed by atoms with Gasteiger partial charge in [-0.1, -0.05) is 19.8 Å². The van der Waals surface area contributed by atoms with Gasteiger partial charge in [-0.15, -0.1) is 0 Å². The summed E-state index contributed by atoms with van der Waals surface area (Å²) >= 11 is 0. The van der Waals surface area contributed by atoms with E-state index < -0.39 is 0 Å². The minimum atomic E-state index is -0.379. The second-order valence-electron chi connectivity index (χ2n) is 3.31. The van der Waals surface area contributed by atoms with Crippen molar-refractivity contribution >= 4 is 0 Å². The minimum absolute atomic E-state index is 0.305. The summed E-state index contributed by atoms with van der Waals surface area (Å²) in [6, 6.07) is 0.305. The largest absolute Gasteiger partial charge is 0.387 e. The lowest BCUT2D eigenvalue weighted by atomic mass is 9.83. The minimum Gasteiger partial charge on any atom is -0.387 e. The fourth-order valence-electron chi connectivity index (χ4n) is 1.33. The van der Waals surface area contributed by atoms with Crippen LogP contribution in [0.15, 0.2) is 0 Å². The molecule has 2 unspecified atom stereocenters. The van der Waals surface area contributed by atoms with Gasteiger partial charge >= 0.3 is 0 Å². The summed E-state index contributed by atoms with van der Waals surface area (Å²) in [7, 11) is 0. The van der Waals surface area contributed by atoms with E-state index in [1.165, 1.54) is 6.42 Å². The number of unbranched alkanes of at least 4 members (excludes halogenated alkanes) is 1. The molecule has 1 aliphatic heterocycles. The molecule has 0 aromatic heterocycles. The van der Waals surface area contributed by atoms with E-state index in [1.54, 1.807) is 0 Å². The van der Waals surface area contributed by atoms with Crippen molar-refractivity contribution in [2.24, 2.45) is 0 Å².